The van der Waals surface area contributed by atoms with E-state index in [0.717, 1.165) is 71.7 Å². The first kappa shape index (κ1) is 21.9. The Kier molecular flexibility index (Phi) is 5.48. The molecule has 0 amide bonds. The Morgan fingerprint density at radius 2 is 1.70 bits per heavy atom. The maximum atomic E-state index is 4.91. The molecule has 7 heteroatoms. The Morgan fingerprint density at radius 1 is 0.865 bits per heavy atom. The fourth-order valence-corrected chi connectivity index (χ4v) is 5.36. The lowest BCUT2D eigenvalue weighted by molar-refractivity contribution is 0.202. The third kappa shape index (κ3) is 4.27. The van der Waals surface area contributed by atoms with Gasteiger partial charge in [-0.15, -0.1) is 0 Å². The number of nitrogens with zero attached hydrogens (tertiary/aromatic N) is 6. The zero-order valence-corrected chi connectivity index (χ0v) is 20.5. The lowest BCUT2D eigenvalue weighted by Crippen LogP contribution is -2.32. The molecule has 1 N–H and O–H groups in total. The van der Waals surface area contributed by atoms with E-state index in [1.54, 1.807) is 12.4 Å². The van der Waals surface area contributed by atoms with Gasteiger partial charge in [0.05, 0.1) is 22.9 Å². The van der Waals surface area contributed by atoms with Crippen LogP contribution in [-0.4, -0.2) is 47.3 Å². The minimum atomic E-state index is 0.478. The summed E-state index contributed by atoms with van der Waals surface area (Å²) in [4.78, 5) is 24.3. The van der Waals surface area contributed by atoms with Crippen LogP contribution in [0, 0.1) is 0 Å². The topological polar surface area (TPSA) is 75.0 Å². The van der Waals surface area contributed by atoms with Crippen molar-refractivity contribution in [2.45, 2.75) is 25.3 Å². The molecule has 6 aromatic rings. The third-order valence-corrected chi connectivity index (χ3v) is 7.38. The van der Waals surface area contributed by atoms with E-state index >= 15 is 0 Å². The van der Waals surface area contributed by atoms with E-state index in [9.17, 15) is 0 Å². The molecule has 1 aliphatic rings. The number of fused-ring (bicyclic) bond motifs is 2. The van der Waals surface area contributed by atoms with Crippen LogP contribution in [0.25, 0.3) is 39.2 Å². The molecule has 0 spiro atoms. The highest BCUT2D eigenvalue weighted by Gasteiger charge is 2.23. The molecule has 0 radical (unpaired) electrons. The second-order valence-electron chi connectivity index (χ2n) is 9.77. The standard InChI is InChI=1S/C30H27N7/c1-2-4-22(5-3-1)25-20-37-17-14-32-30(37)35-28(25)23-8-6-21(7-9-23)19-36-15-11-24(12-16-36)29-33-26-10-13-31-18-27(26)34-29/h1-10,13-14,17-18,20,24H,11-12,15-16,19H2,(H,33,34). The molecule has 7 rings (SSSR count). The molecule has 0 bridgehead atoms. The van der Waals surface area contributed by atoms with E-state index in [2.05, 4.69) is 74.6 Å². The van der Waals surface area contributed by atoms with Crippen molar-refractivity contribution in [3.8, 4) is 22.4 Å². The highest BCUT2D eigenvalue weighted by Crippen LogP contribution is 2.32. The van der Waals surface area contributed by atoms with Gasteiger partial charge in [-0.1, -0.05) is 54.6 Å². The largest absolute Gasteiger partial charge is 0.340 e. The van der Waals surface area contributed by atoms with Gasteiger partial charge in [0.15, 0.2) is 0 Å². The fourth-order valence-electron chi connectivity index (χ4n) is 5.36. The molecule has 2 aromatic carbocycles. The fraction of sp³-hybridized carbons (Fsp3) is 0.200. The second kappa shape index (κ2) is 9.26. The van der Waals surface area contributed by atoms with E-state index in [0.29, 0.717) is 11.7 Å². The van der Waals surface area contributed by atoms with Gasteiger partial charge in [0.25, 0.3) is 0 Å². The van der Waals surface area contributed by atoms with Crippen LogP contribution in [0.2, 0.25) is 0 Å². The number of imidazole rings is 2. The van der Waals surface area contributed by atoms with Gasteiger partial charge < -0.3 is 4.98 Å². The van der Waals surface area contributed by atoms with Gasteiger partial charge in [-0.3, -0.25) is 14.3 Å². The molecular weight excluding hydrogens is 458 g/mol. The number of H-pyrrole nitrogens is 1. The maximum absolute atomic E-state index is 4.91. The molecule has 182 valence electrons. The van der Waals surface area contributed by atoms with Crippen molar-refractivity contribution in [3.63, 3.8) is 0 Å². The summed E-state index contributed by atoms with van der Waals surface area (Å²) >= 11 is 0. The van der Waals surface area contributed by atoms with Gasteiger partial charge in [0.1, 0.15) is 5.82 Å². The summed E-state index contributed by atoms with van der Waals surface area (Å²) in [5.41, 5.74) is 7.65. The zero-order chi connectivity index (χ0) is 24.6. The molecule has 37 heavy (non-hydrogen) atoms. The van der Waals surface area contributed by atoms with E-state index in [1.807, 2.05) is 28.9 Å². The number of aromatic amines is 1. The molecule has 7 nitrogen and oxygen atoms in total. The van der Waals surface area contributed by atoms with Crippen LogP contribution >= 0.6 is 0 Å². The molecule has 0 saturated carbocycles. The number of nitrogens with one attached hydrogen (secondary N) is 1. The quantitative estimate of drug-likeness (QED) is 0.338. The van der Waals surface area contributed by atoms with Crippen molar-refractivity contribution in [2.24, 2.45) is 0 Å². The minimum absolute atomic E-state index is 0.478. The first-order valence-electron chi connectivity index (χ1n) is 12.8. The van der Waals surface area contributed by atoms with Crippen LogP contribution in [0.4, 0.5) is 0 Å². The van der Waals surface area contributed by atoms with Crippen molar-refractivity contribution in [3.05, 3.63) is 103 Å². The lowest BCUT2D eigenvalue weighted by atomic mass is 9.95. The van der Waals surface area contributed by atoms with Crippen molar-refractivity contribution < 1.29 is 0 Å². The molecule has 0 unspecified atom stereocenters. The van der Waals surface area contributed by atoms with Crippen LogP contribution in [0.3, 0.4) is 0 Å². The SMILES string of the molecule is c1ccc(-c2cn3ccnc3nc2-c2ccc(CN3CCC(c4nc5ccncc5[nH]4)CC3)cc2)cc1. The number of benzene rings is 2. The van der Waals surface area contributed by atoms with E-state index in [-0.39, 0.29) is 0 Å². The molecular formula is C30H27N7. The van der Waals surface area contributed by atoms with Crippen LogP contribution in [-0.2, 0) is 6.54 Å². The van der Waals surface area contributed by atoms with Gasteiger partial charge >= 0.3 is 0 Å². The lowest BCUT2D eigenvalue weighted by Gasteiger charge is -2.31. The number of likely N-dealkylation sites (tertiary alicyclic amines) is 1. The summed E-state index contributed by atoms with van der Waals surface area (Å²) in [5, 5.41) is 0. The highest BCUT2D eigenvalue weighted by molar-refractivity contribution is 5.81. The van der Waals surface area contributed by atoms with E-state index < -0.39 is 0 Å². The normalized spacial score (nSPS) is 15.0. The number of piperidine rings is 1. The van der Waals surface area contributed by atoms with Gasteiger partial charge in [-0.25, -0.2) is 15.0 Å². The smallest absolute Gasteiger partial charge is 0.234 e. The molecule has 0 atom stereocenters. The first-order valence-corrected chi connectivity index (χ1v) is 12.8. The molecule has 5 heterocycles. The predicted octanol–water partition coefficient (Wildman–Crippen LogP) is 5.71. The Balaban J connectivity index is 1.07. The van der Waals surface area contributed by atoms with Crippen molar-refractivity contribution in [1.82, 2.24) is 34.2 Å². The summed E-state index contributed by atoms with van der Waals surface area (Å²) in [5.74, 6) is 2.29. The molecule has 0 aliphatic carbocycles. The molecule has 1 aliphatic heterocycles. The maximum Gasteiger partial charge on any atom is 0.234 e. The average Bonchev–Trinajstić information content (AvgIpc) is 3.60. The summed E-state index contributed by atoms with van der Waals surface area (Å²) in [6.07, 6.45) is 11.7. The van der Waals surface area contributed by atoms with Crippen LogP contribution < -0.4 is 0 Å². The summed E-state index contributed by atoms with van der Waals surface area (Å²) in [6.45, 7) is 3.09. The predicted molar refractivity (Wildman–Crippen MR) is 145 cm³/mol. The van der Waals surface area contributed by atoms with Crippen LogP contribution in [0.15, 0.2) is 91.6 Å². The van der Waals surface area contributed by atoms with Crippen molar-refractivity contribution in [1.29, 1.82) is 0 Å². The third-order valence-electron chi connectivity index (χ3n) is 7.38. The highest BCUT2D eigenvalue weighted by atomic mass is 15.1. The Labute approximate surface area is 214 Å². The number of hydrogen-bond acceptors (Lipinski definition) is 5. The van der Waals surface area contributed by atoms with Crippen molar-refractivity contribution >= 4 is 16.8 Å². The summed E-state index contributed by atoms with van der Waals surface area (Å²) in [7, 11) is 0. The van der Waals surface area contributed by atoms with Crippen LogP contribution in [0.5, 0.6) is 0 Å². The Bertz CT molecular complexity index is 1630. The number of hydrogen-bond donors (Lipinski definition) is 1. The monoisotopic (exact) mass is 485 g/mol. The van der Waals surface area contributed by atoms with E-state index in [4.69, 9.17) is 9.97 Å². The summed E-state index contributed by atoms with van der Waals surface area (Å²) in [6, 6.07) is 21.3. The zero-order valence-electron chi connectivity index (χ0n) is 20.5. The Hall–Kier alpha value is -4.36. The van der Waals surface area contributed by atoms with Gasteiger partial charge in [0.2, 0.25) is 5.78 Å². The number of aromatic nitrogens is 6. The van der Waals surface area contributed by atoms with Gasteiger partial charge in [-0.2, -0.15) is 0 Å². The summed E-state index contributed by atoms with van der Waals surface area (Å²) < 4.78 is 1.98. The molecule has 4 aromatic heterocycles. The molecule has 1 saturated heterocycles. The van der Waals surface area contributed by atoms with Gasteiger partial charge in [-0.05, 0) is 43.1 Å². The molecule has 1 fully saturated rings. The average molecular weight is 486 g/mol. The van der Waals surface area contributed by atoms with Gasteiger partial charge in [0, 0.05) is 48.4 Å². The van der Waals surface area contributed by atoms with Crippen LogP contribution in [0.1, 0.15) is 30.1 Å². The number of rotatable bonds is 5. The Morgan fingerprint density at radius 3 is 2.51 bits per heavy atom. The first-order chi connectivity index (χ1) is 18.3. The second-order valence-corrected chi connectivity index (χ2v) is 9.77. The van der Waals surface area contributed by atoms with E-state index in [1.165, 1.54) is 5.56 Å². The number of pyridine rings is 1. The minimum Gasteiger partial charge on any atom is -0.340 e. The van der Waals surface area contributed by atoms with Crippen molar-refractivity contribution in [2.75, 3.05) is 13.1 Å².